The third kappa shape index (κ3) is 2.22. The van der Waals surface area contributed by atoms with Crippen LogP contribution in [0, 0.1) is 5.92 Å². The number of carbonyl (C=O) groups is 1. The summed E-state index contributed by atoms with van der Waals surface area (Å²) in [4.78, 5) is 10.6. The molecule has 0 aliphatic carbocycles. The van der Waals surface area contributed by atoms with Crippen molar-refractivity contribution in [2.24, 2.45) is 5.92 Å². The maximum Gasteiger partial charge on any atom is 0.303 e. The van der Waals surface area contributed by atoms with E-state index in [0.717, 1.165) is 12.8 Å². The second-order valence-electron chi connectivity index (χ2n) is 4.91. The monoisotopic (exact) mass is 247 g/mol. The molecule has 2 heterocycles. The van der Waals surface area contributed by atoms with Gasteiger partial charge in [0.2, 0.25) is 10.0 Å². The molecule has 2 rings (SSSR count). The SMILES string of the molecule is CS(=O)(=O)N1C2CCC1CC(CC(=O)O)C2. The average Bonchev–Trinajstić information content (AvgIpc) is 2.37. The predicted octanol–water partition coefficient (Wildman–Crippen LogP) is 0.664. The van der Waals surface area contributed by atoms with Gasteiger partial charge in [-0.05, 0) is 31.6 Å². The lowest BCUT2D eigenvalue weighted by atomic mass is 9.90. The number of sulfonamides is 1. The smallest absolute Gasteiger partial charge is 0.303 e. The van der Waals surface area contributed by atoms with Gasteiger partial charge < -0.3 is 5.11 Å². The summed E-state index contributed by atoms with van der Waals surface area (Å²) < 4.78 is 24.8. The molecule has 2 atom stereocenters. The molecule has 0 amide bonds. The van der Waals surface area contributed by atoms with Gasteiger partial charge in [0, 0.05) is 18.5 Å². The fourth-order valence-corrected chi connectivity index (χ4v) is 4.67. The van der Waals surface area contributed by atoms with Gasteiger partial charge in [-0.3, -0.25) is 4.79 Å². The molecule has 2 aliphatic rings. The molecular formula is C10H17NO4S. The van der Waals surface area contributed by atoms with E-state index < -0.39 is 16.0 Å². The molecule has 6 heteroatoms. The number of rotatable bonds is 3. The van der Waals surface area contributed by atoms with E-state index in [1.165, 1.54) is 6.26 Å². The van der Waals surface area contributed by atoms with Crippen LogP contribution in [0.5, 0.6) is 0 Å². The summed E-state index contributed by atoms with van der Waals surface area (Å²) >= 11 is 0. The fraction of sp³-hybridized carbons (Fsp3) is 0.900. The largest absolute Gasteiger partial charge is 0.481 e. The van der Waals surface area contributed by atoms with Crippen LogP contribution >= 0.6 is 0 Å². The molecule has 0 aromatic heterocycles. The number of carboxylic acid groups (broad SMARTS) is 1. The van der Waals surface area contributed by atoms with E-state index in [0.29, 0.717) is 12.8 Å². The van der Waals surface area contributed by atoms with Gasteiger partial charge in [-0.15, -0.1) is 0 Å². The van der Waals surface area contributed by atoms with E-state index in [9.17, 15) is 13.2 Å². The summed E-state index contributed by atoms with van der Waals surface area (Å²) in [5.74, 6) is -0.634. The van der Waals surface area contributed by atoms with Crippen molar-refractivity contribution in [2.75, 3.05) is 6.26 Å². The second-order valence-corrected chi connectivity index (χ2v) is 6.80. The molecule has 0 radical (unpaired) electrons. The first-order valence-corrected chi connectivity index (χ1v) is 7.43. The molecule has 1 N–H and O–H groups in total. The van der Waals surface area contributed by atoms with E-state index >= 15 is 0 Å². The highest BCUT2D eigenvalue weighted by atomic mass is 32.2. The number of hydrogen-bond acceptors (Lipinski definition) is 3. The van der Waals surface area contributed by atoms with E-state index in [4.69, 9.17) is 5.11 Å². The highest BCUT2D eigenvalue weighted by Crippen LogP contribution is 2.41. The van der Waals surface area contributed by atoms with Crippen LogP contribution in [0.15, 0.2) is 0 Å². The molecule has 2 aliphatic heterocycles. The van der Waals surface area contributed by atoms with Gasteiger partial charge >= 0.3 is 5.97 Å². The summed E-state index contributed by atoms with van der Waals surface area (Å²) in [6.07, 6.45) is 4.59. The molecule has 2 unspecified atom stereocenters. The first-order chi connectivity index (χ1) is 7.38. The molecular weight excluding hydrogens is 230 g/mol. The topological polar surface area (TPSA) is 74.7 Å². The van der Waals surface area contributed by atoms with Gasteiger partial charge in [-0.2, -0.15) is 4.31 Å². The zero-order valence-electron chi connectivity index (χ0n) is 9.30. The lowest BCUT2D eigenvalue weighted by Crippen LogP contribution is -2.46. The van der Waals surface area contributed by atoms with Crippen LogP contribution in [0.1, 0.15) is 32.1 Å². The van der Waals surface area contributed by atoms with E-state index in [2.05, 4.69) is 0 Å². The highest BCUT2D eigenvalue weighted by Gasteiger charge is 2.45. The molecule has 2 saturated heterocycles. The van der Waals surface area contributed by atoms with Crippen molar-refractivity contribution in [3.8, 4) is 0 Å². The van der Waals surface area contributed by atoms with Gasteiger partial charge in [0.25, 0.3) is 0 Å². The van der Waals surface area contributed by atoms with Gasteiger partial charge in [-0.25, -0.2) is 8.42 Å². The number of nitrogens with zero attached hydrogens (tertiary/aromatic N) is 1. The van der Waals surface area contributed by atoms with E-state index in [1.807, 2.05) is 0 Å². The van der Waals surface area contributed by atoms with Gasteiger partial charge in [0.15, 0.2) is 0 Å². The first kappa shape index (κ1) is 11.9. The maximum atomic E-state index is 11.6. The Labute approximate surface area is 95.5 Å². The summed E-state index contributed by atoms with van der Waals surface area (Å²) in [7, 11) is -3.13. The number of aliphatic carboxylic acids is 1. The Morgan fingerprint density at radius 1 is 1.31 bits per heavy atom. The summed E-state index contributed by atoms with van der Waals surface area (Å²) in [6.45, 7) is 0. The normalized spacial score (nSPS) is 35.2. The third-order valence-corrected chi connectivity index (χ3v) is 4.97. The minimum absolute atomic E-state index is 0.0399. The van der Waals surface area contributed by atoms with Gasteiger partial charge in [0.1, 0.15) is 0 Å². The highest BCUT2D eigenvalue weighted by molar-refractivity contribution is 7.88. The Hall–Kier alpha value is -0.620. The lowest BCUT2D eigenvalue weighted by molar-refractivity contribution is -0.138. The number of hydrogen-bond donors (Lipinski definition) is 1. The van der Waals surface area contributed by atoms with Crippen LogP contribution in [0.25, 0.3) is 0 Å². The molecule has 5 nitrogen and oxygen atoms in total. The third-order valence-electron chi connectivity index (χ3n) is 3.61. The van der Waals surface area contributed by atoms with Crippen LogP contribution in [-0.2, 0) is 14.8 Å². The summed E-state index contributed by atoms with van der Waals surface area (Å²) in [6, 6.07) is 0.0798. The maximum absolute atomic E-state index is 11.6. The quantitative estimate of drug-likeness (QED) is 0.795. The number of piperidine rings is 1. The van der Waals surface area contributed by atoms with Crippen LogP contribution in [0.2, 0.25) is 0 Å². The number of carboxylic acids is 1. The standard InChI is InChI=1S/C10H17NO4S/c1-16(14,15)11-8-2-3-9(11)5-7(4-8)6-10(12)13/h7-9H,2-6H2,1H3,(H,12,13). The van der Waals surface area contributed by atoms with Crippen molar-refractivity contribution < 1.29 is 18.3 Å². The van der Waals surface area contributed by atoms with Crippen LogP contribution < -0.4 is 0 Å². The van der Waals surface area contributed by atoms with Gasteiger partial charge in [0.05, 0.1) is 6.26 Å². The van der Waals surface area contributed by atoms with Crippen molar-refractivity contribution in [3.63, 3.8) is 0 Å². The molecule has 0 spiro atoms. The Bertz CT molecular complexity index is 378. The Morgan fingerprint density at radius 2 is 1.81 bits per heavy atom. The molecule has 16 heavy (non-hydrogen) atoms. The molecule has 2 fully saturated rings. The first-order valence-electron chi connectivity index (χ1n) is 5.58. The Kier molecular flexibility index (Phi) is 2.96. The van der Waals surface area contributed by atoms with Crippen LogP contribution in [-0.4, -0.2) is 42.1 Å². The molecule has 0 aromatic rings. The van der Waals surface area contributed by atoms with Crippen molar-refractivity contribution in [1.82, 2.24) is 4.31 Å². The fourth-order valence-electron chi connectivity index (χ4n) is 3.20. The Morgan fingerprint density at radius 3 is 2.19 bits per heavy atom. The average molecular weight is 247 g/mol. The lowest BCUT2D eigenvalue weighted by Gasteiger charge is -2.36. The van der Waals surface area contributed by atoms with Crippen molar-refractivity contribution in [3.05, 3.63) is 0 Å². The summed E-state index contributed by atoms with van der Waals surface area (Å²) in [5.41, 5.74) is 0. The molecule has 0 saturated carbocycles. The van der Waals surface area contributed by atoms with Crippen molar-refractivity contribution >= 4 is 16.0 Å². The van der Waals surface area contributed by atoms with Gasteiger partial charge in [-0.1, -0.05) is 0 Å². The second kappa shape index (κ2) is 4.00. The predicted molar refractivity (Wildman–Crippen MR) is 58.5 cm³/mol. The summed E-state index contributed by atoms with van der Waals surface area (Å²) in [5, 5.41) is 8.75. The van der Waals surface area contributed by atoms with Crippen LogP contribution in [0.4, 0.5) is 0 Å². The molecule has 0 aromatic carbocycles. The Balaban J connectivity index is 2.10. The van der Waals surface area contributed by atoms with Crippen molar-refractivity contribution in [2.45, 2.75) is 44.2 Å². The van der Waals surface area contributed by atoms with E-state index in [1.54, 1.807) is 4.31 Å². The minimum atomic E-state index is -3.13. The van der Waals surface area contributed by atoms with E-state index in [-0.39, 0.29) is 24.4 Å². The van der Waals surface area contributed by atoms with Crippen LogP contribution in [0.3, 0.4) is 0 Å². The zero-order chi connectivity index (χ0) is 11.9. The zero-order valence-corrected chi connectivity index (χ0v) is 10.1. The van der Waals surface area contributed by atoms with Crippen molar-refractivity contribution in [1.29, 1.82) is 0 Å². The molecule has 2 bridgehead atoms. The minimum Gasteiger partial charge on any atom is -0.481 e. The number of fused-ring (bicyclic) bond motifs is 2. The molecule has 92 valence electrons.